The van der Waals surface area contributed by atoms with Gasteiger partial charge in [0.15, 0.2) is 29.2 Å². The van der Waals surface area contributed by atoms with Crippen molar-refractivity contribution in [3.05, 3.63) is 33.5 Å². The predicted octanol–water partition coefficient (Wildman–Crippen LogP) is 2.86. The average molecular weight is 685 g/mol. The van der Waals surface area contributed by atoms with Crippen molar-refractivity contribution in [3.8, 4) is 11.8 Å². The van der Waals surface area contributed by atoms with Gasteiger partial charge in [0.2, 0.25) is 11.7 Å². The molecule has 0 aromatic carbocycles. The Hall–Kier alpha value is -3.77. The highest BCUT2D eigenvalue weighted by Crippen LogP contribution is 2.69. The number of esters is 2. The molecule has 13 nitrogen and oxygen atoms in total. The number of anilines is 1. The van der Waals surface area contributed by atoms with Gasteiger partial charge >= 0.3 is 11.9 Å². The van der Waals surface area contributed by atoms with Crippen molar-refractivity contribution < 1.29 is 23.9 Å². The summed E-state index contributed by atoms with van der Waals surface area (Å²) in [6.07, 6.45) is 0.540. The lowest BCUT2D eigenvalue weighted by Crippen LogP contribution is -2.50. The minimum atomic E-state index is -1.17. The Morgan fingerprint density at radius 3 is 2.38 bits per heavy atom. The molecule has 2 saturated carbocycles. The summed E-state index contributed by atoms with van der Waals surface area (Å²) in [6, 6.07) is 0.991. The third kappa shape index (κ3) is 6.54. The van der Waals surface area contributed by atoms with Crippen LogP contribution in [-0.4, -0.2) is 75.2 Å². The van der Waals surface area contributed by atoms with Gasteiger partial charge in [-0.25, -0.2) is 15.0 Å². The van der Waals surface area contributed by atoms with Crippen molar-refractivity contribution >= 4 is 57.8 Å². The first-order valence-corrected chi connectivity index (χ1v) is 16.9. The second-order valence-corrected chi connectivity index (χ2v) is 14.4. The Bertz CT molecular complexity index is 1730. The lowest BCUT2D eigenvalue weighted by Gasteiger charge is -2.32. The number of amides is 1. The predicted molar refractivity (Wildman–Crippen MR) is 178 cm³/mol. The Kier molecular flexibility index (Phi) is 10.1. The maximum absolute atomic E-state index is 13.6. The van der Waals surface area contributed by atoms with Gasteiger partial charge < -0.3 is 36.1 Å². The molecule has 2 aliphatic rings. The highest BCUT2D eigenvalue weighted by Gasteiger charge is 2.78. The summed E-state index contributed by atoms with van der Waals surface area (Å²) in [7, 11) is 1.52. The van der Waals surface area contributed by atoms with Gasteiger partial charge in [-0.15, -0.1) is 11.3 Å². The molecule has 3 heterocycles. The van der Waals surface area contributed by atoms with Crippen LogP contribution in [0.15, 0.2) is 18.5 Å². The van der Waals surface area contributed by atoms with Gasteiger partial charge in [0.25, 0.3) is 0 Å². The van der Waals surface area contributed by atoms with Gasteiger partial charge in [-0.1, -0.05) is 46.2 Å². The third-order valence-electron chi connectivity index (χ3n) is 8.90. The molecule has 47 heavy (non-hydrogen) atoms. The number of aromatic nitrogens is 4. The molecule has 0 saturated heterocycles. The van der Waals surface area contributed by atoms with Crippen molar-refractivity contribution in [2.75, 3.05) is 18.9 Å². The van der Waals surface area contributed by atoms with Gasteiger partial charge in [-0.2, -0.15) is 0 Å². The summed E-state index contributed by atoms with van der Waals surface area (Å²) in [5.41, 5.74) is 12.1. The molecule has 3 aromatic heterocycles. The number of hydrogen-bond acceptors (Lipinski definition) is 12. The fourth-order valence-corrected chi connectivity index (χ4v) is 6.95. The number of carbonyl (C=O) groups excluding carboxylic acids is 3. The first kappa shape index (κ1) is 34.6. The Labute approximate surface area is 282 Å². The van der Waals surface area contributed by atoms with Crippen molar-refractivity contribution in [1.29, 1.82) is 0 Å². The standard InChI is InChI=1S/C32H41ClN8O5S/c1-7-12-37-27-23-28(40-20(39-27)11-9-17-8-10-19(33)47-17)41(14-38-23)24-18-13-32(18,31(44)36-6)26(46-30(43)22(35)16(4)5)25(24)45-29(42)21(34)15(2)3/h8,10,14-16,18,21-22,24-26H,7,12-13,34-35H2,1-6H3,(H,36,44)(H,37,39,40). The number of carbonyl (C=O) groups is 3. The fourth-order valence-electron chi connectivity index (χ4n) is 6.05. The lowest BCUT2D eigenvalue weighted by molar-refractivity contribution is -0.177. The SMILES string of the molecule is CCCNc1nc(C#Cc2ccc(Cl)s2)nc2c1ncn2C1C(OC(=O)C(N)C(C)C)C(OC(=O)C(N)C(C)C)C2(C(=O)NC)CC12. The van der Waals surface area contributed by atoms with Crippen LogP contribution in [0.4, 0.5) is 5.82 Å². The van der Waals surface area contributed by atoms with Gasteiger partial charge in [0, 0.05) is 19.5 Å². The molecule has 6 N–H and O–H groups in total. The van der Waals surface area contributed by atoms with Crippen LogP contribution in [0.3, 0.4) is 0 Å². The maximum atomic E-state index is 13.6. The van der Waals surface area contributed by atoms with Crippen LogP contribution in [0.5, 0.6) is 0 Å². The summed E-state index contributed by atoms with van der Waals surface area (Å²) >= 11 is 7.43. The van der Waals surface area contributed by atoms with Crippen molar-refractivity contribution in [2.45, 2.75) is 77.8 Å². The monoisotopic (exact) mass is 684 g/mol. The Morgan fingerprint density at radius 2 is 1.79 bits per heavy atom. The van der Waals surface area contributed by atoms with Gasteiger partial charge in [0.1, 0.15) is 12.1 Å². The van der Waals surface area contributed by atoms with Crippen LogP contribution in [0.1, 0.15) is 64.2 Å². The number of hydrogen-bond donors (Lipinski definition) is 4. The number of rotatable bonds is 11. The van der Waals surface area contributed by atoms with Gasteiger partial charge in [0.05, 0.1) is 27.0 Å². The van der Waals surface area contributed by atoms with E-state index in [4.69, 9.17) is 37.5 Å². The number of fused-ring (bicyclic) bond motifs is 2. The van der Waals surface area contributed by atoms with E-state index in [0.717, 1.165) is 11.3 Å². The molecule has 15 heteroatoms. The molecule has 0 aliphatic heterocycles. The first-order chi connectivity index (χ1) is 22.3. The van der Waals surface area contributed by atoms with Crippen molar-refractivity contribution in [3.63, 3.8) is 0 Å². The molecular weight excluding hydrogens is 644 g/mol. The average Bonchev–Trinajstić information content (AvgIpc) is 3.27. The smallest absolute Gasteiger partial charge is 0.323 e. The quantitative estimate of drug-likeness (QED) is 0.172. The van der Waals surface area contributed by atoms with Crippen molar-refractivity contribution in [1.82, 2.24) is 24.8 Å². The van der Waals surface area contributed by atoms with E-state index < -0.39 is 53.6 Å². The molecule has 1 amide bonds. The zero-order chi connectivity index (χ0) is 34.2. The molecule has 7 unspecified atom stereocenters. The summed E-state index contributed by atoms with van der Waals surface area (Å²) in [5.74, 6) is 4.24. The molecular formula is C32H41ClN8O5S. The third-order valence-corrected chi connectivity index (χ3v) is 10.0. The number of nitrogens with one attached hydrogen (secondary N) is 2. The molecule has 252 valence electrons. The number of nitrogens with zero attached hydrogens (tertiary/aromatic N) is 4. The Balaban J connectivity index is 1.65. The Morgan fingerprint density at radius 1 is 1.11 bits per heavy atom. The first-order valence-electron chi connectivity index (χ1n) is 15.7. The minimum absolute atomic E-state index is 0.228. The summed E-state index contributed by atoms with van der Waals surface area (Å²) in [6.45, 7) is 9.86. The second kappa shape index (κ2) is 13.8. The molecule has 0 spiro atoms. The largest absolute Gasteiger partial charge is 0.456 e. The van der Waals surface area contributed by atoms with E-state index in [1.54, 1.807) is 44.7 Å². The van der Waals surface area contributed by atoms with E-state index in [9.17, 15) is 14.4 Å². The number of imidazole rings is 1. The highest BCUT2D eigenvalue weighted by molar-refractivity contribution is 7.16. The lowest BCUT2D eigenvalue weighted by atomic mass is 9.96. The van der Waals surface area contributed by atoms with Crippen molar-refractivity contribution in [2.24, 2.45) is 34.6 Å². The molecule has 7 atom stereocenters. The van der Waals surface area contributed by atoms with E-state index >= 15 is 0 Å². The molecule has 0 bridgehead atoms. The van der Waals surface area contributed by atoms with Crippen LogP contribution >= 0.6 is 22.9 Å². The van der Waals surface area contributed by atoms with Gasteiger partial charge in [-0.3, -0.25) is 14.4 Å². The van der Waals surface area contributed by atoms with E-state index in [2.05, 4.69) is 32.4 Å². The number of halogens is 1. The topological polar surface area (TPSA) is 189 Å². The van der Waals surface area contributed by atoms with E-state index in [1.165, 1.54) is 18.4 Å². The molecule has 5 rings (SSSR count). The van der Waals surface area contributed by atoms with E-state index in [1.807, 2.05) is 13.0 Å². The van der Waals surface area contributed by atoms with E-state index in [-0.39, 0.29) is 23.6 Å². The maximum Gasteiger partial charge on any atom is 0.323 e. The zero-order valence-electron chi connectivity index (χ0n) is 27.2. The number of ether oxygens (including phenoxy) is 2. The molecule has 2 fully saturated rings. The fraction of sp³-hybridized carbons (Fsp3) is 0.562. The normalized spacial score (nSPS) is 24.3. The summed E-state index contributed by atoms with van der Waals surface area (Å²) in [4.78, 5) is 55.1. The highest BCUT2D eigenvalue weighted by atomic mass is 35.5. The second-order valence-electron chi connectivity index (χ2n) is 12.7. The molecule has 3 aromatic rings. The molecule has 0 radical (unpaired) electrons. The molecule has 2 aliphatic carbocycles. The van der Waals surface area contributed by atoms with Crippen LogP contribution < -0.4 is 22.1 Å². The van der Waals surface area contributed by atoms with Crippen LogP contribution in [0, 0.1) is 35.0 Å². The van der Waals surface area contributed by atoms with Crippen LogP contribution in [0.2, 0.25) is 4.34 Å². The number of thiophene rings is 1. The minimum Gasteiger partial charge on any atom is -0.456 e. The summed E-state index contributed by atoms with van der Waals surface area (Å²) < 4.78 is 14.5. The zero-order valence-corrected chi connectivity index (χ0v) is 28.8. The van der Waals surface area contributed by atoms with Crippen LogP contribution in [0.25, 0.3) is 11.2 Å². The van der Waals surface area contributed by atoms with Gasteiger partial charge in [-0.05, 0) is 48.7 Å². The van der Waals surface area contributed by atoms with Crippen LogP contribution in [-0.2, 0) is 23.9 Å². The number of nitrogens with two attached hydrogens (primary N) is 2. The summed E-state index contributed by atoms with van der Waals surface area (Å²) in [5, 5.41) is 6.03. The van der Waals surface area contributed by atoms with E-state index in [0.29, 0.717) is 34.3 Å².